The Morgan fingerprint density at radius 2 is 2.20 bits per heavy atom. The molecule has 0 radical (unpaired) electrons. The van der Waals surface area contributed by atoms with Crippen LogP contribution in [0.25, 0.3) is 10.9 Å². The fraction of sp³-hybridized carbons (Fsp3) is 0.250. The zero-order chi connectivity index (χ0) is 11.0. The number of rotatable bonds is 2. The highest BCUT2D eigenvalue weighted by Gasteiger charge is 2.08. The molecule has 2 aromatic rings. The van der Waals surface area contributed by atoms with Gasteiger partial charge in [0.15, 0.2) is 0 Å². The molecule has 1 aromatic heterocycles. The van der Waals surface area contributed by atoms with Gasteiger partial charge in [-0.25, -0.2) is 0 Å². The molecule has 0 spiro atoms. The minimum Gasteiger partial charge on any atom is -0.350 e. The Kier molecular flexibility index (Phi) is 2.53. The van der Waals surface area contributed by atoms with Crippen molar-refractivity contribution in [3.8, 4) is 0 Å². The van der Waals surface area contributed by atoms with E-state index in [1.165, 1.54) is 0 Å². The van der Waals surface area contributed by atoms with E-state index in [2.05, 4.69) is 0 Å². The zero-order valence-electron chi connectivity index (χ0n) is 8.75. The van der Waals surface area contributed by atoms with E-state index in [1.807, 2.05) is 36.0 Å². The molecule has 0 unspecified atom stereocenters. The third kappa shape index (κ3) is 1.90. The summed E-state index contributed by atoms with van der Waals surface area (Å²) in [4.78, 5) is 11.1. The highest BCUT2D eigenvalue weighted by atomic mass is 35.5. The summed E-state index contributed by atoms with van der Waals surface area (Å²) in [6.45, 7) is 1.61. The maximum absolute atomic E-state index is 11.1. The number of Topliss-reactive ketones (excluding diaryl/α,β-unsaturated/α-hetero) is 1. The highest BCUT2D eigenvalue weighted by molar-refractivity contribution is 6.31. The monoisotopic (exact) mass is 221 g/mol. The van der Waals surface area contributed by atoms with Crippen molar-refractivity contribution in [2.45, 2.75) is 13.3 Å². The van der Waals surface area contributed by atoms with Crippen molar-refractivity contribution in [3.05, 3.63) is 35.0 Å². The number of hydrogen-bond acceptors (Lipinski definition) is 1. The van der Waals surface area contributed by atoms with Gasteiger partial charge in [-0.1, -0.05) is 17.7 Å². The van der Waals surface area contributed by atoms with Gasteiger partial charge in [0.05, 0.1) is 0 Å². The molecule has 3 heteroatoms. The van der Waals surface area contributed by atoms with Gasteiger partial charge in [-0.3, -0.25) is 4.79 Å². The summed E-state index contributed by atoms with van der Waals surface area (Å²) in [6, 6.07) is 5.74. The Morgan fingerprint density at radius 3 is 2.87 bits per heavy atom. The van der Waals surface area contributed by atoms with Gasteiger partial charge in [0, 0.05) is 35.6 Å². The lowest BCUT2D eigenvalue weighted by Crippen LogP contribution is -1.94. The number of carbonyl (C=O) groups is 1. The van der Waals surface area contributed by atoms with Crippen molar-refractivity contribution in [2.24, 2.45) is 7.05 Å². The SMILES string of the molecule is CC(=O)Cc1cn(C)c2cc(Cl)ccc12. The molecule has 0 saturated heterocycles. The molecular formula is C12H12ClNO. The van der Waals surface area contributed by atoms with E-state index in [9.17, 15) is 4.79 Å². The maximum Gasteiger partial charge on any atom is 0.134 e. The highest BCUT2D eigenvalue weighted by Crippen LogP contribution is 2.24. The lowest BCUT2D eigenvalue weighted by Gasteiger charge is -1.96. The molecular weight excluding hydrogens is 210 g/mol. The Labute approximate surface area is 93.5 Å². The van der Waals surface area contributed by atoms with E-state index in [0.29, 0.717) is 6.42 Å². The van der Waals surface area contributed by atoms with Gasteiger partial charge in [-0.2, -0.15) is 0 Å². The second kappa shape index (κ2) is 3.70. The first-order valence-corrected chi connectivity index (χ1v) is 5.18. The molecule has 1 aromatic carbocycles. The zero-order valence-corrected chi connectivity index (χ0v) is 9.51. The lowest BCUT2D eigenvalue weighted by atomic mass is 10.1. The van der Waals surface area contributed by atoms with E-state index in [4.69, 9.17) is 11.6 Å². The van der Waals surface area contributed by atoms with Crippen LogP contribution in [0.15, 0.2) is 24.4 Å². The fourth-order valence-corrected chi connectivity index (χ4v) is 2.02. The van der Waals surface area contributed by atoms with Crippen LogP contribution < -0.4 is 0 Å². The molecule has 0 aliphatic heterocycles. The first-order valence-electron chi connectivity index (χ1n) is 4.81. The summed E-state index contributed by atoms with van der Waals surface area (Å²) in [7, 11) is 1.96. The standard InChI is InChI=1S/C12H12ClNO/c1-8(15)5-9-7-14(2)12-6-10(13)3-4-11(9)12/h3-4,6-7H,5H2,1-2H3. The molecule has 0 aliphatic rings. The van der Waals surface area contributed by atoms with Crippen LogP contribution in [0.3, 0.4) is 0 Å². The van der Waals surface area contributed by atoms with Crippen LogP contribution in [-0.2, 0) is 18.3 Å². The van der Waals surface area contributed by atoms with Crippen molar-refractivity contribution < 1.29 is 4.79 Å². The van der Waals surface area contributed by atoms with Crippen molar-refractivity contribution in [3.63, 3.8) is 0 Å². The third-order valence-corrected chi connectivity index (χ3v) is 2.71. The Balaban J connectivity index is 2.62. The second-order valence-electron chi connectivity index (χ2n) is 3.81. The average Bonchev–Trinajstić information content (AvgIpc) is 2.42. The summed E-state index contributed by atoms with van der Waals surface area (Å²) in [6.07, 6.45) is 2.47. The molecule has 0 fully saturated rings. The number of hydrogen-bond donors (Lipinski definition) is 0. The Bertz CT molecular complexity index is 528. The van der Waals surface area contributed by atoms with Crippen molar-refractivity contribution in [2.75, 3.05) is 0 Å². The maximum atomic E-state index is 11.1. The summed E-state index contributed by atoms with van der Waals surface area (Å²) >= 11 is 5.93. The number of aromatic nitrogens is 1. The Morgan fingerprint density at radius 1 is 1.47 bits per heavy atom. The number of nitrogens with zero attached hydrogens (tertiary/aromatic N) is 1. The molecule has 1 heterocycles. The molecule has 78 valence electrons. The number of carbonyl (C=O) groups excluding carboxylic acids is 1. The van der Waals surface area contributed by atoms with Gasteiger partial charge in [0.1, 0.15) is 5.78 Å². The smallest absolute Gasteiger partial charge is 0.134 e. The summed E-state index contributed by atoms with van der Waals surface area (Å²) in [5.41, 5.74) is 2.13. The first-order chi connectivity index (χ1) is 7.08. The molecule has 15 heavy (non-hydrogen) atoms. The predicted octanol–water partition coefficient (Wildman–Crippen LogP) is 2.96. The molecule has 0 atom stereocenters. The van der Waals surface area contributed by atoms with Crippen molar-refractivity contribution >= 4 is 28.3 Å². The predicted molar refractivity (Wildman–Crippen MR) is 62.3 cm³/mol. The van der Waals surface area contributed by atoms with Gasteiger partial charge in [-0.15, -0.1) is 0 Å². The van der Waals surface area contributed by atoms with Crippen molar-refractivity contribution in [1.82, 2.24) is 4.57 Å². The topological polar surface area (TPSA) is 22.0 Å². The van der Waals surface area contributed by atoms with Gasteiger partial charge in [-0.05, 0) is 24.6 Å². The number of ketones is 1. The molecule has 0 bridgehead atoms. The van der Waals surface area contributed by atoms with E-state index < -0.39 is 0 Å². The van der Waals surface area contributed by atoms with E-state index in [1.54, 1.807) is 6.92 Å². The van der Waals surface area contributed by atoms with Gasteiger partial charge >= 0.3 is 0 Å². The van der Waals surface area contributed by atoms with Crippen molar-refractivity contribution in [1.29, 1.82) is 0 Å². The molecule has 0 aliphatic carbocycles. The quantitative estimate of drug-likeness (QED) is 0.764. The Hall–Kier alpha value is -1.28. The average molecular weight is 222 g/mol. The summed E-state index contributed by atoms with van der Waals surface area (Å²) < 4.78 is 2.00. The number of halogens is 1. The minimum absolute atomic E-state index is 0.178. The molecule has 0 saturated carbocycles. The van der Waals surface area contributed by atoms with Crippen LogP contribution in [0.5, 0.6) is 0 Å². The van der Waals surface area contributed by atoms with Crippen LogP contribution >= 0.6 is 11.6 Å². The second-order valence-corrected chi connectivity index (χ2v) is 4.24. The third-order valence-electron chi connectivity index (χ3n) is 2.47. The van der Waals surface area contributed by atoms with Crippen LogP contribution in [0.1, 0.15) is 12.5 Å². The van der Waals surface area contributed by atoms with Crippen LogP contribution in [0, 0.1) is 0 Å². The normalized spacial score (nSPS) is 10.9. The van der Waals surface area contributed by atoms with Crippen LogP contribution in [-0.4, -0.2) is 10.4 Å². The van der Waals surface area contributed by atoms with Crippen LogP contribution in [0.4, 0.5) is 0 Å². The molecule has 0 N–H and O–H groups in total. The van der Waals surface area contributed by atoms with Gasteiger partial charge in [0.25, 0.3) is 0 Å². The van der Waals surface area contributed by atoms with E-state index >= 15 is 0 Å². The summed E-state index contributed by atoms with van der Waals surface area (Å²) in [5, 5.41) is 1.83. The lowest BCUT2D eigenvalue weighted by molar-refractivity contribution is -0.116. The minimum atomic E-state index is 0.178. The molecule has 2 rings (SSSR count). The fourth-order valence-electron chi connectivity index (χ4n) is 1.85. The number of aryl methyl sites for hydroxylation is 1. The van der Waals surface area contributed by atoms with Gasteiger partial charge < -0.3 is 4.57 Å². The number of benzene rings is 1. The van der Waals surface area contributed by atoms with E-state index in [-0.39, 0.29) is 5.78 Å². The number of fused-ring (bicyclic) bond motifs is 1. The van der Waals surface area contributed by atoms with Gasteiger partial charge in [0.2, 0.25) is 0 Å². The molecule has 2 nitrogen and oxygen atoms in total. The van der Waals surface area contributed by atoms with Crippen LogP contribution in [0.2, 0.25) is 5.02 Å². The largest absolute Gasteiger partial charge is 0.350 e. The van der Waals surface area contributed by atoms with E-state index in [0.717, 1.165) is 21.5 Å². The summed E-state index contributed by atoms with van der Waals surface area (Å²) in [5.74, 6) is 0.178. The molecule has 0 amide bonds. The first kappa shape index (κ1) is 10.2.